The van der Waals surface area contributed by atoms with Crippen LogP contribution in [0.4, 0.5) is 11.8 Å². The topological polar surface area (TPSA) is 76.7 Å². The molecule has 0 spiro atoms. The number of rotatable bonds is 3. The van der Waals surface area contributed by atoms with Crippen LogP contribution in [-0.4, -0.2) is 15.0 Å². The van der Waals surface area contributed by atoms with Crippen molar-refractivity contribution in [3.8, 4) is 0 Å². The van der Waals surface area contributed by atoms with Crippen LogP contribution in [0.5, 0.6) is 0 Å². The summed E-state index contributed by atoms with van der Waals surface area (Å²) in [7, 11) is 0. The minimum Gasteiger partial charge on any atom is -0.368 e. The molecule has 0 aliphatic heterocycles. The van der Waals surface area contributed by atoms with Gasteiger partial charge in [-0.2, -0.15) is 4.98 Å². The number of anilines is 2. The Balaban J connectivity index is 1.98. The number of benzene rings is 1. The fourth-order valence-electron chi connectivity index (χ4n) is 2.13. The van der Waals surface area contributed by atoms with Gasteiger partial charge in [-0.1, -0.05) is 18.2 Å². The summed E-state index contributed by atoms with van der Waals surface area (Å²) in [6.45, 7) is 2.06. The smallest absolute Gasteiger partial charge is 0.222 e. The lowest BCUT2D eigenvalue weighted by Crippen LogP contribution is -2.10. The zero-order valence-corrected chi connectivity index (χ0v) is 11.1. The van der Waals surface area contributed by atoms with E-state index in [0.29, 0.717) is 0 Å². The van der Waals surface area contributed by atoms with Crippen molar-refractivity contribution in [2.75, 3.05) is 11.1 Å². The van der Waals surface area contributed by atoms with Gasteiger partial charge < -0.3 is 11.1 Å². The molecular formula is C15H15N5. The van der Waals surface area contributed by atoms with Crippen molar-refractivity contribution < 1.29 is 0 Å². The monoisotopic (exact) mass is 265 g/mol. The lowest BCUT2D eigenvalue weighted by molar-refractivity contribution is 0.868. The predicted octanol–water partition coefficient (Wildman–Crippen LogP) is 2.78. The highest BCUT2D eigenvalue weighted by Crippen LogP contribution is 2.24. The van der Waals surface area contributed by atoms with Crippen LogP contribution in [0.15, 0.2) is 48.8 Å². The van der Waals surface area contributed by atoms with Crippen molar-refractivity contribution in [2.45, 2.75) is 13.0 Å². The van der Waals surface area contributed by atoms with Crippen molar-refractivity contribution in [1.29, 1.82) is 0 Å². The zero-order chi connectivity index (χ0) is 13.9. The second kappa shape index (κ2) is 5.13. The first-order valence-electron chi connectivity index (χ1n) is 6.43. The zero-order valence-electron chi connectivity index (χ0n) is 11.1. The summed E-state index contributed by atoms with van der Waals surface area (Å²) in [4.78, 5) is 12.7. The number of hydrogen-bond acceptors (Lipinski definition) is 5. The van der Waals surface area contributed by atoms with E-state index in [2.05, 4.69) is 27.2 Å². The molecule has 0 bridgehead atoms. The molecule has 0 radical (unpaired) electrons. The van der Waals surface area contributed by atoms with E-state index in [4.69, 9.17) is 5.73 Å². The third-order valence-electron chi connectivity index (χ3n) is 3.16. The standard InChI is InChI=1S/C15H15N5/c1-10(11-5-4-8-17-9-11)18-14-12-6-2-3-7-13(12)19-15(16)20-14/h2-10H,1H3,(H3,16,18,19,20). The second-order valence-electron chi connectivity index (χ2n) is 4.60. The van der Waals surface area contributed by atoms with Crippen LogP contribution >= 0.6 is 0 Å². The van der Waals surface area contributed by atoms with Crippen LogP contribution in [0.25, 0.3) is 10.9 Å². The number of hydrogen-bond donors (Lipinski definition) is 2. The van der Waals surface area contributed by atoms with Crippen LogP contribution in [0, 0.1) is 0 Å². The molecule has 5 heteroatoms. The molecule has 1 aromatic carbocycles. The quantitative estimate of drug-likeness (QED) is 0.761. The highest BCUT2D eigenvalue weighted by molar-refractivity contribution is 5.89. The Kier molecular flexibility index (Phi) is 3.16. The first-order valence-corrected chi connectivity index (χ1v) is 6.43. The SMILES string of the molecule is CC(Nc1nc(N)nc2ccccc12)c1cccnc1. The summed E-state index contributed by atoms with van der Waals surface area (Å²) in [5.74, 6) is 1.01. The van der Waals surface area contributed by atoms with Crippen LogP contribution < -0.4 is 11.1 Å². The molecule has 1 unspecified atom stereocenters. The van der Waals surface area contributed by atoms with Crippen LogP contribution in [-0.2, 0) is 0 Å². The maximum atomic E-state index is 5.76. The van der Waals surface area contributed by atoms with Crippen molar-refractivity contribution in [3.63, 3.8) is 0 Å². The van der Waals surface area contributed by atoms with Gasteiger partial charge in [0, 0.05) is 17.8 Å². The second-order valence-corrected chi connectivity index (χ2v) is 4.60. The fourth-order valence-corrected chi connectivity index (χ4v) is 2.13. The molecule has 0 aliphatic carbocycles. The lowest BCUT2D eigenvalue weighted by Gasteiger charge is -2.16. The molecule has 5 nitrogen and oxygen atoms in total. The molecular weight excluding hydrogens is 250 g/mol. The summed E-state index contributed by atoms with van der Waals surface area (Å²) >= 11 is 0. The van der Waals surface area contributed by atoms with Gasteiger partial charge in [-0.25, -0.2) is 4.98 Å². The number of nitrogen functional groups attached to an aromatic ring is 1. The molecule has 0 saturated carbocycles. The van der Waals surface area contributed by atoms with Crippen LogP contribution in [0.2, 0.25) is 0 Å². The molecule has 2 heterocycles. The Bertz CT molecular complexity index is 727. The van der Waals surface area contributed by atoms with E-state index < -0.39 is 0 Å². The number of nitrogens with zero attached hydrogens (tertiary/aromatic N) is 3. The molecule has 0 fully saturated rings. The fraction of sp³-hybridized carbons (Fsp3) is 0.133. The molecule has 0 aliphatic rings. The van der Waals surface area contributed by atoms with Crippen LogP contribution in [0.1, 0.15) is 18.5 Å². The minimum atomic E-state index is 0.0846. The largest absolute Gasteiger partial charge is 0.368 e. The van der Waals surface area contributed by atoms with Gasteiger partial charge >= 0.3 is 0 Å². The van der Waals surface area contributed by atoms with Gasteiger partial charge in [0.15, 0.2) is 0 Å². The molecule has 2 aromatic heterocycles. The van der Waals surface area contributed by atoms with E-state index in [0.717, 1.165) is 22.3 Å². The van der Waals surface area contributed by atoms with E-state index in [1.54, 1.807) is 6.20 Å². The van der Waals surface area contributed by atoms with E-state index in [-0.39, 0.29) is 12.0 Å². The first kappa shape index (κ1) is 12.3. The van der Waals surface area contributed by atoms with Crippen molar-refractivity contribution in [3.05, 3.63) is 54.4 Å². The average Bonchev–Trinajstić information content (AvgIpc) is 2.48. The Hall–Kier alpha value is -2.69. The number of nitrogens with one attached hydrogen (secondary N) is 1. The molecule has 3 rings (SSSR count). The van der Waals surface area contributed by atoms with Gasteiger partial charge in [-0.05, 0) is 30.7 Å². The van der Waals surface area contributed by atoms with Crippen molar-refractivity contribution in [1.82, 2.24) is 15.0 Å². The molecule has 20 heavy (non-hydrogen) atoms. The Morgan fingerprint density at radius 2 is 1.95 bits per heavy atom. The maximum Gasteiger partial charge on any atom is 0.222 e. The number of fused-ring (bicyclic) bond motifs is 1. The average molecular weight is 265 g/mol. The third kappa shape index (κ3) is 2.38. The van der Waals surface area contributed by atoms with Gasteiger partial charge in [0.25, 0.3) is 0 Å². The van der Waals surface area contributed by atoms with Gasteiger partial charge in [0.05, 0.1) is 11.6 Å². The highest BCUT2D eigenvalue weighted by Gasteiger charge is 2.10. The summed E-state index contributed by atoms with van der Waals surface area (Å²) in [5.41, 5.74) is 7.69. The molecule has 0 saturated heterocycles. The molecule has 3 N–H and O–H groups in total. The Morgan fingerprint density at radius 3 is 2.75 bits per heavy atom. The van der Waals surface area contributed by atoms with E-state index in [9.17, 15) is 0 Å². The van der Waals surface area contributed by atoms with Crippen molar-refractivity contribution in [2.24, 2.45) is 0 Å². The molecule has 0 amide bonds. The molecule has 3 aromatic rings. The van der Waals surface area contributed by atoms with Crippen LogP contribution in [0.3, 0.4) is 0 Å². The van der Waals surface area contributed by atoms with Crippen molar-refractivity contribution >= 4 is 22.7 Å². The summed E-state index contributed by atoms with van der Waals surface area (Å²) in [6, 6.07) is 11.8. The molecule has 100 valence electrons. The first-order chi connectivity index (χ1) is 9.74. The predicted molar refractivity (Wildman–Crippen MR) is 80.2 cm³/mol. The number of pyridine rings is 1. The number of nitrogens with two attached hydrogens (primary N) is 1. The summed E-state index contributed by atoms with van der Waals surface area (Å²) in [5, 5.41) is 4.33. The minimum absolute atomic E-state index is 0.0846. The van der Waals surface area contributed by atoms with E-state index in [1.807, 2.05) is 42.6 Å². The number of para-hydroxylation sites is 1. The van der Waals surface area contributed by atoms with E-state index in [1.165, 1.54) is 0 Å². The summed E-state index contributed by atoms with van der Waals surface area (Å²) in [6.07, 6.45) is 3.60. The van der Waals surface area contributed by atoms with Gasteiger partial charge in [0.1, 0.15) is 5.82 Å². The lowest BCUT2D eigenvalue weighted by atomic mass is 10.1. The van der Waals surface area contributed by atoms with Gasteiger partial charge in [-0.15, -0.1) is 0 Å². The normalized spacial score (nSPS) is 12.2. The van der Waals surface area contributed by atoms with Gasteiger partial charge in [0.2, 0.25) is 5.95 Å². The third-order valence-corrected chi connectivity index (χ3v) is 3.16. The maximum absolute atomic E-state index is 5.76. The van der Waals surface area contributed by atoms with Gasteiger partial charge in [-0.3, -0.25) is 4.98 Å². The Labute approximate surface area is 116 Å². The summed E-state index contributed by atoms with van der Waals surface area (Å²) < 4.78 is 0. The number of aromatic nitrogens is 3. The Morgan fingerprint density at radius 1 is 1.10 bits per heavy atom. The highest BCUT2D eigenvalue weighted by atomic mass is 15.1. The van der Waals surface area contributed by atoms with E-state index >= 15 is 0 Å². The molecule has 1 atom stereocenters.